The molecule has 3 aliphatic heterocycles. The third kappa shape index (κ3) is 3.54. The molecule has 1 atom stereocenters. The molecule has 7 rings (SSSR count). The second kappa shape index (κ2) is 9.09. The summed E-state index contributed by atoms with van der Waals surface area (Å²) in [5.41, 5.74) is 2.98. The van der Waals surface area contributed by atoms with Crippen LogP contribution in [0.15, 0.2) is 47.3 Å². The minimum atomic E-state index is -1.87. The van der Waals surface area contributed by atoms with Gasteiger partial charge in [-0.2, -0.15) is 0 Å². The Balaban J connectivity index is 1.38. The van der Waals surface area contributed by atoms with Crippen molar-refractivity contribution < 1.29 is 28.8 Å². The van der Waals surface area contributed by atoms with Gasteiger partial charge in [0.2, 0.25) is 6.79 Å². The molecule has 9 heteroatoms. The van der Waals surface area contributed by atoms with E-state index in [1.165, 1.54) is 0 Å². The van der Waals surface area contributed by atoms with Gasteiger partial charge in [-0.3, -0.25) is 4.79 Å². The van der Waals surface area contributed by atoms with E-state index in [2.05, 4.69) is 6.92 Å². The lowest BCUT2D eigenvalue weighted by Crippen LogP contribution is -2.44. The number of benzene rings is 2. The third-order valence-electron chi connectivity index (χ3n) is 8.06. The lowest BCUT2D eigenvalue weighted by Gasteiger charge is -2.31. The number of aliphatic hydroxyl groups is 1. The third-order valence-corrected chi connectivity index (χ3v) is 8.06. The molecule has 40 heavy (non-hydrogen) atoms. The highest BCUT2D eigenvalue weighted by Gasteiger charge is 2.45. The number of hydrogen-bond donors (Lipinski definition) is 1. The zero-order chi connectivity index (χ0) is 27.6. The molecule has 0 amide bonds. The van der Waals surface area contributed by atoms with E-state index in [9.17, 15) is 14.7 Å². The second-order valence-electron chi connectivity index (χ2n) is 10.4. The minimum Gasteiger partial charge on any atom is -0.494 e. The molecule has 0 unspecified atom stereocenters. The monoisotopic (exact) mass is 540 g/mol. The Bertz CT molecular complexity index is 1760. The van der Waals surface area contributed by atoms with E-state index in [4.69, 9.17) is 23.9 Å². The summed E-state index contributed by atoms with van der Waals surface area (Å²) in [6, 6.07) is 13.5. The number of aromatic nitrogens is 2. The molecule has 1 N–H and O–H groups in total. The normalized spacial score (nSPS) is 18.3. The first kappa shape index (κ1) is 24.7. The molecule has 0 fully saturated rings. The van der Waals surface area contributed by atoms with Crippen LogP contribution in [0.3, 0.4) is 0 Å². The summed E-state index contributed by atoms with van der Waals surface area (Å²) in [5.74, 6) is 1.32. The minimum absolute atomic E-state index is 0.0923. The van der Waals surface area contributed by atoms with Gasteiger partial charge in [-0.15, -0.1) is 0 Å². The fraction of sp³-hybridized carbons (Fsp3) is 0.323. The maximum atomic E-state index is 13.5. The standard InChI is InChI=1S/C31H28N2O7/c1-3-5-10-37-19-8-6-17(7-9-19)26-20-11-18-14-33-24(27(18)32-23(20)13-25-28(26)40-16-39-25)12-22-21(29(33)34)15-38-30(35)31(22,36)4-2/h6-9,11-13,36H,3-5,10,14-16H2,1-2H3/t31-/m0/s1. The second-order valence-corrected chi connectivity index (χ2v) is 10.4. The van der Waals surface area contributed by atoms with Gasteiger partial charge in [0.15, 0.2) is 17.1 Å². The van der Waals surface area contributed by atoms with Gasteiger partial charge in [-0.05, 0) is 42.7 Å². The van der Waals surface area contributed by atoms with E-state index < -0.39 is 11.6 Å². The largest absolute Gasteiger partial charge is 0.494 e. The molecule has 9 nitrogen and oxygen atoms in total. The first-order valence-corrected chi connectivity index (χ1v) is 13.6. The van der Waals surface area contributed by atoms with Gasteiger partial charge in [0.05, 0.1) is 35.6 Å². The van der Waals surface area contributed by atoms with Gasteiger partial charge >= 0.3 is 5.97 Å². The van der Waals surface area contributed by atoms with Crippen LogP contribution < -0.4 is 19.8 Å². The number of hydrogen-bond acceptors (Lipinski definition) is 8. The first-order valence-electron chi connectivity index (χ1n) is 13.6. The lowest BCUT2D eigenvalue weighted by atomic mass is 9.86. The number of unbranched alkanes of at least 4 members (excludes halogenated alkanes) is 1. The van der Waals surface area contributed by atoms with E-state index in [0.29, 0.717) is 52.7 Å². The summed E-state index contributed by atoms with van der Waals surface area (Å²) in [4.78, 5) is 31.0. The smallest absolute Gasteiger partial charge is 0.343 e. The highest BCUT2D eigenvalue weighted by molar-refractivity contribution is 6.02. The Labute approximate surface area is 229 Å². The molecule has 2 aromatic heterocycles. The first-order chi connectivity index (χ1) is 19.4. The van der Waals surface area contributed by atoms with E-state index in [0.717, 1.165) is 40.7 Å². The predicted molar refractivity (Wildman–Crippen MR) is 146 cm³/mol. The number of carbonyl (C=O) groups excluding carboxylic acids is 1. The van der Waals surface area contributed by atoms with Crippen LogP contribution in [0.25, 0.3) is 33.4 Å². The van der Waals surface area contributed by atoms with Crippen molar-refractivity contribution in [2.75, 3.05) is 13.4 Å². The zero-order valence-electron chi connectivity index (χ0n) is 22.3. The summed E-state index contributed by atoms with van der Waals surface area (Å²) < 4.78 is 24.3. The van der Waals surface area contributed by atoms with Crippen LogP contribution in [0.4, 0.5) is 0 Å². The van der Waals surface area contributed by atoms with Gasteiger partial charge in [0, 0.05) is 28.1 Å². The Morgan fingerprint density at radius 2 is 1.90 bits per heavy atom. The summed E-state index contributed by atoms with van der Waals surface area (Å²) >= 11 is 0. The molecule has 204 valence electrons. The highest BCUT2D eigenvalue weighted by atomic mass is 16.7. The van der Waals surface area contributed by atoms with Crippen LogP contribution in [0.1, 0.15) is 49.8 Å². The summed E-state index contributed by atoms with van der Waals surface area (Å²) in [6.45, 7) is 4.76. The van der Waals surface area contributed by atoms with Crippen molar-refractivity contribution in [3.63, 3.8) is 0 Å². The van der Waals surface area contributed by atoms with Crippen molar-refractivity contribution in [3.8, 4) is 39.8 Å². The molecule has 3 aliphatic rings. The molecule has 0 aliphatic carbocycles. The number of ether oxygens (including phenoxy) is 4. The van der Waals surface area contributed by atoms with Crippen LogP contribution in [-0.4, -0.2) is 34.0 Å². The van der Waals surface area contributed by atoms with E-state index in [-0.39, 0.29) is 25.4 Å². The van der Waals surface area contributed by atoms with Gasteiger partial charge in [-0.25, -0.2) is 9.78 Å². The SMILES string of the molecule is CCCCOc1ccc(-c2c3c(cc4nc5c(cc24)Cn2c-5cc4c(c2=O)COC(=O)[C@]4(O)CC)OCO3)cc1. The van der Waals surface area contributed by atoms with Crippen molar-refractivity contribution in [2.24, 2.45) is 0 Å². The Morgan fingerprint density at radius 3 is 2.67 bits per heavy atom. The van der Waals surface area contributed by atoms with Crippen molar-refractivity contribution in [1.29, 1.82) is 0 Å². The zero-order valence-corrected chi connectivity index (χ0v) is 22.3. The Kier molecular flexibility index (Phi) is 5.60. The van der Waals surface area contributed by atoms with Crippen LogP contribution in [-0.2, 0) is 28.3 Å². The van der Waals surface area contributed by atoms with Crippen molar-refractivity contribution in [3.05, 3.63) is 69.5 Å². The lowest BCUT2D eigenvalue weighted by molar-refractivity contribution is -0.172. The number of pyridine rings is 2. The van der Waals surface area contributed by atoms with Crippen molar-refractivity contribution in [1.82, 2.24) is 9.55 Å². The molecule has 0 saturated heterocycles. The Morgan fingerprint density at radius 1 is 1.07 bits per heavy atom. The van der Waals surface area contributed by atoms with Crippen LogP contribution >= 0.6 is 0 Å². The summed E-state index contributed by atoms with van der Waals surface area (Å²) in [7, 11) is 0. The molecule has 0 spiro atoms. The fourth-order valence-electron chi connectivity index (χ4n) is 5.82. The molecule has 0 saturated carbocycles. The van der Waals surface area contributed by atoms with Gasteiger partial charge in [0.25, 0.3) is 5.56 Å². The predicted octanol–water partition coefficient (Wildman–Crippen LogP) is 4.65. The highest BCUT2D eigenvalue weighted by Crippen LogP contribution is 2.48. The molecule has 5 heterocycles. The molecule has 2 aromatic carbocycles. The molecular weight excluding hydrogens is 512 g/mol. The number of esters is 1. The topological polar surface area (TPSA) is 109 Å². The number of rotatable bonds is 6. The van der Waals surface area contributed by atoms with Gasteiger partial charge in [0.1, 0.15) is 12.4 Å². The van der Waals surface area contributed by atoms with Crippen molar-refractivity contribution >= 4 is 16.9 Å². The van der Waals surface area contributed by atoms with Crippen LogP contribution in [0.2, 0.25) is 0 Å². The average Bonchev–Trinajstić information content (AvgIpc) is 3.58. The maximum absolute atomic E-state index is 13.5. The molecule has 0 radical (unpaired) electrons. The van der Waals surface area contributed by atoms with E-state index in [1.54, 1.807) is 17.6 Å². The van der Waals surface area contributed by atoms with Gasteiger partial charge in [-0.1, -0.05) is 32.4 Å². The molecular formula is C31H28N2O7. The van der Waals surface area contributed by atoms with E-state index in [1.807, 2.05) is 36.4 Å². The fourth-order valence-corrected chi connectivity index (χ4v) is 5.82. The average molecular weight is 541 g/mol. The van der Waals surface area contributed by atoms with Gasteiger partial charge < -0.3 is 28.6 Å². The van der Waals surface area contributed by atoms with Crippen molar-refractivity contribution in [2.45, 2.75) is 51.9 Å². The quantitative estimate of drug-likeness (QED) is 0.245. The number of nitrogens with zero attached hydrogens (tertiary/aromatic N) is 2. The summed E-state index contributed by atoms with van der Waals surface area (Å²) in [6.07, 6.45) is 2.16. The summed E-state index contributed by atoms with van der Waals surface area (Å²) in [5, 5.41) is 12.0. The Hall–Kier alpha value is -4.37. The number of fused-ring (bicyclic) bond motifs is 6. The number of carbonyl (C=O) groups is 1. The molecule has 0 bridgehead atoms. The number of cyclic esters (lactones) is 1. The maximum Gasteiger partial charge on any atom is 0.343 e. The van der Waals surface area contributed by atoms with Crippen LogP contribution in [0.5, 0.6) is 17.2 Å². The van der Waals surface area contributed by atoms with Crippen LogP contribution in [0, 0.1) is 0 Å². The van der Waals surface area contributed by atoms with E-state index >= 15 is 0 Å². The molecule has 4 aromatic rings.